The van der Waals surface area contributed by atoms with Gasteiger partial charge in [0.1, 0.15) is 5.54 Å². The number of urea groups is 1. The minimum atomic E-state index is -0.543. The van der Waals surface area contributed by atoms with E-state index in [1.165, 1.54) is 0 Å². The van der Waals surface area contributed by atoms with Gasteiger partial charge in [-0.05, 0) is 61.0 Å². The first-order valence-electron chi connectivity index (χ1n) is 10.1. The van der Waals surface area contributed by atoms with Crippen molar-refractivity contribution in [3.63, 3.8) is 0 Å². The van der Waals surface area contributed by atoms with Crippen molar-refractivity contribution in [2.75, 3.05) is 23.0 Å². The number of hydrogen-bond acceptors (Lipinski definition) is 3. The SMILES string of the molecule is Cc1cccc([C@@H]2N(c3ccc(Cl)cc3)C(=O)N(c3ccc(C#N)cc3)C23COC3)c1. The molecule has 6 heteroatoms. The summed E-state index contributed by atoms with van der Waals surface area (Å²) < 4.78 is 5.70. The molecule has 0 bridgehead atoms. The van der Waals surface area contributed by atoms with E-state index in [0.29, 0.717) is 23.8 Å². The number of benzene rings is 3. The Kier molecular flexibility index (Phi) is 4.70. The number of halogens is 1. The lowest BCUT2D eigenvalue weighted by atomic mass is 9.82. The summed E-state index contributed by atoms with van der Waals surface area (Å²) in [5.41, 5.74) is 3.73. The number of anilines is 2. The number of nitrogens with zero attached hydrogens (tertiary/aromatic N) is 3. The Hall–Kier alpha value is -3.33. The predicted octanol–water partition coefficient (Wildman–Crippen LogP) is 5.48. The van der Waals surface area contributed by atoms with Gasteiger partial charge in [0, 0.05) is 16.4 Å². The van der Waals surface area contributed by atoms with Gasteiger partial charge in [-0.2, -0.15) is 5.26 Å². The molecule has 1 spiro atoms. The first kappa shape index (κ1) is 19.6. The number of ether oxygens (including phenoxy) is 1. The summed E-state index contributed by atoms with van der Waals surface area (Å²) in [6.45, 7) is 2.91. The van der Waals surface area contributed by atoms with E-state index in [1.807, 2.05) is 40.1 Å². The fourth-order valence-electron chi connectivity index (χ4n) is 4.58. The van der Waals surface area contributed by atoms with Crippen molar-refractivity contribution in [1.29, 1.82) is 5.26 Å². The fraction of sp³-hybridized carbons (Fsp3) is 0.200. The Morgan fingerprint density at radius 2 is 1.71 bits per heavy atom. The highest BCUT2D eigenvalue weighted by Crippen LogP contribution is 2.51. The molecule has 0 saturated carbocycles. The number of rotatable bonds is 3. The van der Waals surface area contributed by atoms with Crippen molar-refractivity contribution in [2.45, 2.75) is 18.5 Å². The summed E-state index contributed by atoms with van der Waals surface area (Å²) >= 11 is 6.12. The molecule has 0 aliphatic carbocycles. The van der Waals surface area contributed by atoms with Crippen molar-refractivity contribution < 1.29 is 9.53 Å². The van der Waals surface area contributed by atoms with Crippen LogP contribution in [-0.4, -0.2) is 24.8 Å². The summed E-state index contributed by atoms with van der Waals surface area (Å²) in [4.78, 5) is 17.6. The number of aryl methyl sites for hydroxylation is 1. The molecular formula is C25H20ClN3O2. The number of carbonyl (C=O) groups is 1. The molecule has 0 radical (unpaired) electrons. The van der Waals surface area contributed by atoms with Crippen LogP contribution in [0.15, 0.2) is 72.8 Å². The molecule has 2 amide bonds. The van der Waals surface area contributed by atoms with Gasteiger partial charge in [-0.1, -0.05) is 41.4 Å². The van der Waals surface area contributed by atoms with Crippen LogP contribution in [0.4, 0.5) is 16.2 Å². The van der Waals surface area contributed by atoms with Crippen LogP contribution in [0.2, 0.25) is 5.02 Å². The normalized spacial score (nSPS) is 19.4. The highest BCUT2D eigenvalue weighted by atomic mass is 35.5. The van der Waals surface area contributed by atoms with E-state index in [2.05, 4.69) is 31.2 Å². The maximum atomic E-state index is 13.9. The van der Waals surface area contributed by atoms with E-state index in [0.717, 1.165) is 22.5 Å². The average Bonchev–Trinajstić information content (AvgIpc) is 3.04. The van der Waals surface area contributed by atoms with Gasteiger partial charge in [0.15, 0.2) is 0 Å². The maximum Gasteiger partial charge on any atom is 0.330 e. The van der Waals surface area contributed by atoms with Crippen molar-refractivity contribution >= 4 is 29.0 Å². The molecular weight excluding hydrogens is 410 g/mol. The Morgan fingerprint density at radius 1 is 1.03 bits per heavy atom. The third kappa shape index (κ3) is 3.07. The van der Waals surface area contributed by atoms with Gasteiger partial charge in [-0.25, -0.2) is 4.79 Å². The molecule has 0 unspecified atom stereocenters. The fourth-order valence-corrected chi connectivity index (χ4v) is 4.71. The first-order chi connectivity index (χ1) is 15.0. The lowest BCUT2D eigenvalue weighted by Gasteiger charge is -2.47. The molecule has 5 rings (SSSR count). The zero-order valence-corrected chi connectivity index (χ0v) is 17.7. The summed E-state index contributed by atoms with van der Waals surface area (Å²) in [7, 11) is 0. The standard InChI is InChI=1S/C25H20ClN3O2/c1-17-3-2-4-19(13-17)23-25(15-31-16-25)29(22-9-5-18(14-27)6-10-22)24(30)28(23)21-11-7-20(26)8-12-21/h2-13,23H,15-16H2,1H3/t23-/m0/s1. The molecule has 1 atom stereocenters. The van der Waals surface area contributed by atoms with Gasteiger partial charge in [0.05, 0.1) is 30.9 Å². The number of hydrogen-bond donors (Lipinski definition) is 0. The van der Waals surface area contributed by atoms with Crippen LogP contribution in [0.25, 0.3) is 0 Å². The molecule has 0 aromatic heterocycles. The Bertz CT molecular complexity index is 1180. The van der Waals surface area contributed by atoms with Gasteiger partial charge in [-0.3, -0.25) is 9.80 Å². The third-order valence-corrected chi connectivity index (χ3v) is 6.28. The Morgan fingerprint density at radius 3 is 2.29 bits per heavy atom. The quantitative estimate of drug-likeness (QED) is 0.554. The summed E-state index contributed by atoms with van der Waals surface area (Å²) in [6.07, 6.45) is 0. The van der Waals surface area contributed by atoms with E-state index in [9.17, 15) is 4.79 Å². The van der Waals surface area contributed by atoms with Gasteiger partial charge in [0.2, 0.25) is 0 Å². The molecule has 2 saturated heterocycles. The molecule has 31 heavy (non-hydrogen) atoms. The molecule has 154 valence electrons. The van der Waals surface area contributed by atoms with Crippen LogP contribution in [0, 0.1) is 18.3 Å². The lowest BCUT2D eigenvalue weighted by Crippen LogP contribution is -2.62. The molecule has 2 fully saturated rings. The van der Waals surface area contributed by atoms with Crippen molar-refractivity contribution in [3.05, 3.63) is 94.5 Å². The van der Waals surface area contributed by atoms with Crippen molar-refractivity contribution in [1.82, 2.24) is 0 Å². The molecule has 3 aromatic rings. The minimum Gasteiger partial charge on any atom is -0.376 e. The van der Waals surface area contributed by atoms with Crippen LogP contribution >= 0.6 is 11.6 Å². The summed E-state index contributed by atoms with van der Waals surface area (Å²) in [5.74, 6) is 0. The van der Waals surface area contributed by atoms with Crippen LogP contribution in [0.5, 0.6) is 0 Å². The molecule has 3 aromatic carbocycles. The second kappa shape index (κ2) is 7.42. The number of amides is 2. The first-order valence-corrected chi connectivity index (χ1v) is 10.4. The summed E-state index contributed by atoms with van der Waals surface area (Å²) in [6, 6.07) is 24.5. The van der Waals surface area contributed by atoms with Crippen LogP contribution < -0.4 is 9.80 Å². The monoisotopic (exact) mass is 429 g/mol. The van der Waals surface area contributed by atoms with Gasteiger partial charge < -0.3 is 4.74 Å². The van der Waals surface area contributed by atoms with Crippen molar-refractivity contribution in [2.24, 2.45) is 0 Å². The molecule has 2 heterocycles. The minimum absolute atomic E-state index is 0.123. The van der Waals surface area contributed by atoms with E-state index in [1.54, 1.807) is 24.3 Å². The van der Waals surface area contributed by atoms with E-state index < -0.39 is 5.54 Å². The highest BCUT2D eigenvalue weighted by Gasteiger charge is 2.62. The average molecular weight is 430 g/mol. The highest BCUT2D eigenvalue weighted by molar-refractivity contribution is 6.30. The van der Waals surface area contributed by atoms with Gasteiger partial charge in [0.25, 0.3) is 0 Å². The van der Waals surface area contributed by atoms with Gasteiger partial charge >= 0.3 is 6.03 Å². The predicted molar refractivity (Wildman–Crippen MR) is 120 cm³/mol. The van der Waals surface area contributed by atoms with Gasteiger partial charge in [-0.15, -0.1) is 0 Å². The Labute approximate surface area is 186 Å². The third-order valence-electron chi connectivity index (χ3n) is 6.03. The number of carbonyl (C=O) groups excluding carboxylic acids is 1. The second-order valence-electron chi connectivity index (χ2n) is 8.04. The van der Waals surface area contributed by atoms with E-state index in [-0.39, 0.29) is 12.1 Å². The molecule has 5 nitrogen and oxygen atoms in total. The van der Waals surface area contributed by atoms with Crippen molar-refractivity contribution in [3.8, 4) is 6.07 Å². The van der Waals surface area contributed by atoms with E-state index in [4.69, 9.17) is 21.6 Å². The molecule has 2 aliphatic heterocycles. The molecule has 0 N–H and O–H groups in total. The van der Waals surface area contributed by atoms with Crippen LogP contribution in [0.3, 0.4) is 0 Å². The lowest BCUT2D eigenvalue weighted by molar-refractivity contribution is -0.0580. The topological polar surface area (TPSA) is 56.6 Å². The maximum absolute atomic E-state index is 13.9. The zero-order chi connectivity index (χ0) is 21.6. The summed E-state index contributed by atoms with van der Waals surface area (Å²) in [5, 5.41) is 9.78. The number of nitriles is 1. The Balaban J connectivity index is 1.69. The smallest absolute Gasteiger partial charge is 0.330 e. The molecule has 2 aliphatic rings. The zero-order valence-electron chi connectivity index (χ0n) is 17.0. The largest absolute Gasteiger partial charge is 0.376 e. The van der Waals surface area contributed by atoms with Crippen LogP contribution in [0.1, 0.15) is 22.7 Å². The van der Waals surface area contributed by atoms with Crippen LogP contribution in [-0.2, 0) is 4.74 Å². The van der Waals surface area contributed by atoms with E-state index >= 15 is 0 Å². The second-order valence-corrected chi connectivity index (χ2v) is 8.47.